The molecule has 0 heterocycles. The lowest BCUT2D eigenvalue weighted by Gasteiger charge is -2.53. The van der Waals surface area contributed by atoms with Gasteiger partial charge in [0.15, 0.2) is 11.5 Å². The van der Waals surface area contributed by atoms with Crippen molar-refractivity contribution in [1.29, 1.82) is 0 Å². The Morgan fingerprint density at radius 3 is 2.66 bits per heavy atom. The number of ether oxygens (including phenoxy) is 2. The number of rotatable bonds is 7. The van der Waals surface area contributed by atoms with Crippen LogP contribution < -0.4 is 9.47 Å². The molecule has 0 saturated heterocycles. The first kappa shape index (κ1) is 24.5. The third-order valence-corrected chi connectivity index (χ3v) is 9.70. The van der Waals surface area contributed by atoms with Gasteiger partial charge in [0.05, 0.1) is 13.7 Å². The lowest BCUT2D eigenvalue weighted by Crippen LogP contribution is -2.45. The van der Waals surface area contributed by atoms with Crippen molar-refractivity contribution in [1.82, 2.24) is 4.90 Å². The fourth-order valence-electron chi connectivity index (χ4n) is 8.15. The van der Waals surface area contributed by atoms with E-state index in [0.29, 0.717) is 23.0 Å². The van der Waals surface area contributed by atoms with E-state index in [4.69, 9.17) is 9.47 Å². The summed E-state index contributed by atoms with van der Waals surface area (Å²) in [7, 11) is 5.89. The number of phenols is 1. The van der Waals surface area contributed by atoms with Crippen LogP contribution in [0.5, 0.6) is 17.2 Å². The zero-order chi connectivity index (χ0) is 24.7. The highest BCUT2D eigenvalue weighted by Gasteiger charge is 2.55. The van der Waals surface area contributed by atoms with Crippen molar-refractivity contribution in [2.75, 3.05) is 27.8 Å². The fourth-order valence-corrected chi connectivity index (χ4v) is 8.15. The molecule has 190 valence electrons. The molecule has 0 aromatic heterocycles. The molecule has 2 fully saturated rings. The molecule has 5 rings (SSSR count). The van der Waals surface area contributed by atoms with Crippen molar-refractivity contribution in [2.24, 2.45) is 29.1 Å². The molecule has 3 aliphatic carbocycles. The molecule has 2 aromatic rings. The molecule has 2 saturated carbocycles. The van der Waals surface area contributed by atoms with E-state index in [0.717, 1.165) is 55.2 Å². The molecule has 0 aliphatic heterocycles. The third-order valence-electron chi connectivity index (χ3n) is 9.70. The summed E-state index contributed by atoms with van der Waals surface area (Å²) in [5.74, 6) is 5.73. The predicted octanol–water partition coefficient (Wildman–Crippen LogP) is 6.65. The number of benzene rings is 2. The van der Waals surface area contributed by atoms with Gasteiger partial charge in [-0.05, 0) is 129 Å². The van der Waals surface area contributed by atoms with Gasteiger partial charge in [-0.2, -0.15) is 0 Å². The molecule has 4 heteroatoms. The van der Waals surface area contributed by atoms with Gasteiger partial charge in [0, 0.05) is 6.54 Å². The van der Waals surface area contributed by atoms with Gasteiger partial charge in [0.25, 0.3) is 0 Å². The van der Waals surface area contributed by atoms with Gasteiger partial charge >= 0.3 is 0 Å². The first-order valence-corrected chi connectivity index (χ1v) is 13.6. The molecule has 0 radical (unpaired) electrons. The zero-order valence-electron chi connectivity index (χ0n) is 22.2. The zero-order valence-corrected chi connectivity index (χ0v) is 22.2. The van der Waals surface area contributed by atoms with Crippen molar-refractivity contribution in [2.45, 2.75) is 64.8 Å². The molecule has 0 spiro atoms. The Morgan fingerprint density at radius 2 is 1.89 bits per heavy atom. The second-order valence-electron chi connectivity index (χ2n) is 12.0. The molecular weight excluding hydrogens is 434 g/mol. The van der Waals surface area contributed by atoms with Gasteiger partial charge in [-0.15, -0.1) is 0 Å². The van der Waals surface area contributed by atoms with Gasteiger partial charge in [-0.3, -0.25) is 0 Å². The summed E-state index contributed by atoms with van der Waals surface area (Å²) in [6, 6.07) is 12.5. The maximum atomic E-state index is 10.0. The van der Waals surface area contributed by atoms with E-state index in [1.165, 1.54) is 42.4 Å². The van der Waals surface area contributed by atoms with E-state index in [2.05, 4.69) is 57.1 Å². The minimum Gasteiger partial charge on any atom is -0.508 e. The molecule has 4 unspecified atom stereocenters. The number of nitrogens with zero attached hydrogens (tertiary/aromatic N) is 1. The number of hydrogen-bond acceptors (Lipinski definition) is 4. The first-order valence-electron chi connectivity index (χ1n) is 13.6. The van der Waals surface area contributed by atoms with Crippen LogP contribution in [0.25, 0.3) is 0 Å². The normalized spacial score (nSPS) is 31.5. The summed E-state index contributed by atoms with van der Waals surface area (Å²) in [6.45, 7) is 6.69. The van der Waals surface area contributed by atoms with Crippen LogP contribution in [-0.2, 0) is 13.0 Å². The monoisotopic (exact) mass is 477 g/mol. The lowest BCUT2D eigenvalue weighted by atomic mass is 9.51. The van der Waals surface area contributed by atoms with Gasteiger partial charge < -0.3 is 19.5 Å². The van der Waals surface area contributed by atoms with Crippen molar-refractivity contribution in [3.05, 3.63) is 53.1 Å². The number of methoxy groups -OCH3 is 1. The summed E-state index contributed by atoms with van der Waals surface area (Å²) in [6.07, 6.45) is 7.47. The standard InChI is InChI=1S/C31H43NO3/c1-20-16-22-18-24(33)8-9-25(22)26-12-14-31(2)23(7-10-27(31)30(20)26)13-15-35-28-11-6-21(19-32(3)4)17-29(28)34-5/h6,8-9,11,17-18,20,23,26-27,30,33H,7,10,12-16,19H2,1-5H3/t20-,23-,26?,27?,30?,31?/m1/s1. The quantitative estimate of drug-likeness (QED) is 0.485. The van der Waals surface area contributed by atoms with Crippen LogP contribution in [0.3, 0.4) is 0 Å². The smallest absolute Gasteiger partial charge is 0.161 e. The summed E-state index contributed by atoms with van der Waals surface area (Å²) in [5.41, 5.74) is 4.55. The Morgan fingerprint density at radius 1 is 1.06 bits per heavy atom. The van der Waals surface area contributed by atoms with Crippen LogP contribution in [-0.4, -0.2) is 37.8 Å². The number of aromatic hydroxyl groups is 1. The van der Waals surface area contributed by atoms with Crippen LogP contribution in [0.1, 0.15) is 68.6 Å². The lowest BCUT2D eigenvalue weighted by molar-refractivity contribution is 0.000862. The van der Waals surface area contributed by atoms with Gasteiger partial charge in [0.1, 0.15) is 5.75 Å². The van der Waals surface area contributed by atoms with E-state index < -0.39 is 0 Å². The van der Waals surface area contributed by atoms with Gasteiger partial charge in [0.2, 0.25) is 0 Å². The first-order chi connectivity index (χ1) is 16.8. The highest BCUT2D eigenvalue weighted by molar-refractivity contribution is 5.43. The topological polar surface area (TPSA) is 41.9 Å². The molecular formula is C31H43NO3. The Kier molecular flexibility index (Phi) is 6.78. The molecule has 3 aliphatic rings. The minimum absolute atomic E-state index is 0.410. The second kappa shape index (κ2) is 9.69. The number of hydrogen-bond donors (Lipinski definition) is 1. The molecule has 35 heavy (non-hydrogen) atoms. The van der Waals surface area contributed by atoms with Crippen molar-refractivity contribution in [3.63, 3.8) is 0 Å². The van der Waals surface area contributed by atoms with Crippen molar-refractivity contribution >= 4 is 0 Å². The van der Waals surface area contributed by atoms with Crippen LogP contribution in [0.15, 0.2) is 36.4 Å². The van der Waals surface area contributed by atoms with Crippen molar-refractivity contribution in [3.8, 4) is 17.2 Å². The molecule has 6 atom stereocenters. The number of phenolic OH excluding ortho intramolecular Hbond substituents is 1. The molecule has 0 amide bonds. The van der Waals surface area contributed by atoms with Gasteiger partial charge in [-0.25, -0.2) is 0 Å². The Hall–Kier alpha value is -2.20. The van der Waals surface area contributed by atoms with E-state index in [-0.39, 0.29) is 0 Å². The average Bonchev–Trinajstić information content (AvgIpc) is 3.15. The Labute approximate surface area is 211 Å². The largest absolute Gasteiger partial charge is 0.508 e. The number of fused-ring (bicyclic) bond motifs is 5. The Balaban J connectivity index is 1.25. The van der Waals surface area contributed by atoms with E-state index in [1.807, 2.05) is 12.1 Å². The predicted molar refractivity (Wildman–Crippen MR) is 141 cm³/mol. The maximum Gasteiger partial charge on any atom is 0.161 e. The average molecular weight is 478 g/mol. The third kappa shape index (κ3) is 4.55. The minimum atomic E-state index is 0.410. The fraction of sp³-hybridized carbons (Fsp3) is 0.613. The molecule has 4 nitrogen and oxygen atoms in total. The summed E-state index contributed by atoms with van der Waals surface area (Å²) < 4.78 is 11.9. The molecule has 0 bridgehead atoms. The summed E-state index contributed by atoms with van der Waals surface area (Å²) >= 11 is 0. The van der Waals surface area contributed by atoms with Crippen LogP contribution in [0, 0.1) is 29.1 Å². The summed E-state index contributed by atoms with van der Waals surface area (Å²) in [5, 5.41) is 10.0. The highest BCUT2D eigenvalue weighted by Crippen LogP contribution is 2.64. The van der Waals surface area contributed by atoms with Gasteiger partial charge in [-0.1, -0.05) is 26.0 Å². The van der Waals surface area contributed by atoms with E-state index in [9.17, 15) is 5.11 Å². The van der Waals surface area contributed by atoms with Crippen LogP contribution >= 0.6 is 0 Å². The molecule has 2 aromatic carbocycles. The maximum absolute atomic E-state index is 10.0. The second-order valence-corrected chi connectivity index (χ2v) is 12.0. The molecule has 1 N–H and O–H groups in total. The van der Waals surface area contributed by atoms with Crippen LogP contribution in [0.4, 0.5) is 0 Å². The van der Waals surface area contributed by atoms with Crippen LogP contribution in [0.2, 0.25) is 0 Å². The van der Waals surface area contributed by atoms with E-state index in [1.54, 1.807) is 7.11 Å². The SMILES string of the molecule is COc1cc(CN(C)C)ccc1OCC[C@H]1CCC2C3C(CCC21C)c1ccc(O)cc1C[C@H]3C. The van der Waals surface area contributed by atoms with E-state index >= 15 is 0 Å². The van der Waals surface area contributed by atoms with Crippen molar-refractivity contribution < 1.29 is 14.6 Å². The highest BCUT2D eigenvalue weighted by atomic mass is 16.5. The summed E-state index contributed by atoms with van der Waals surface area (Å²) in [4.78, 5) is 2.16. The Bertz CT molecular complexity index is 1050.